The van der Waals surface area contributed by atoms with Crippen molar-refractivity contribution in [2.75, 3.05) is 6.54 Å². The van der Waals surface area contributed by atoms with Crippen LogP contribution >= 0.6 is 11.6 Å². The molecule has 1 aliphatic rings. The molecule has 1 aromatic carbocycles. The maximum atomic E-state index is 11.3. The van der Waals surface area contributed by atoms with Crippen molar-refractivity contribution in [3.63, 3.8) is 0 Å². The van der Waals surface area contributed by atoms with Gasteiger partial charge in [0.1, 0.15) is 5.82 Å². The maximum Gasteiger partial charge on any atom is 0.220 e. The Morgan fingerprint density at radius 3 is 3.05 bits per heavy atom. The molecule has 0 radical (unpaired) electrons. The van der Waals surface area contributed by atoms with Crippen LogP contribution in [-0.2, 0) is 10.7 Å². The van der Waals surface area contributed by atoms with Crippen LogP contribution in [-0.4, -0.2) is 22.0 Å². The number of nitrogens with one attached hydrogen (secondary N) is 1. The van der Waals surface area contributed by atoms with E-state index >= 15 is 0 Å². The molecule has 0 spiro atoms. The zero-order valence-corrected chi connectivity index (χ0v) is 11.6. The Balaban J connectivity index is 2.12. The first kappa shape index (κ1) is 12.5. The van der Waals surface area contributed by atoms with Gasteiger partial charge < -0.3 is 9.88 Å². The molecule has 1 N–H and O–H groups in total. The standard InChI is InChI=1S/C14H16ClN3O/c1-9-3-2-4-11-14(9)18(12(7-15)17-11)10-5-6-13(19)16-8-10/h2-4,10H,5-8H2,1H3,(H,16,19). The van der Waals surface area contributed by atoms with Crippen LogP contribution in [0.25, 0.3) is 11.0 Å². The largest absolute Gasteiger partial charge is 0.354 e. The normalized spacial score (nSPS) is 19.7. The van der Waals surface area contributed by atoms with Gasteiger partial charge in [0.25, 0.3) is 0 Å². The second kappa shape index (κ2) is 4.85. The van der Waals surface area contributed by atoms with Gasteiger partial charge in [-0.25, -0.2) is 4.98 Å². The highest BCUT2D eigenvalue weighted by Crippen LogP contribution is 2.28. The van der Waals surface area contributed by atoms with E-state index in [9.17, 15) is 4.79 Å². The number of imidazole rings is 1. The Morgan fingerprint density at radius 1 is 1.53 bits per heavy atom. The van der Waals surface area contributed by atoms with Gasteiger partial charge in [0.15, 0.2) is 0 Å². The van der Waals surface area contributed by atoms with Gasteiger partial charge in [0, 0.05) is 13.0 Å². The Labute approximate surface area is 116 Å². The van der Waals surface area contributed by atoms with Crippen LogP contribution in [0.5, 0.6) is 0 Å². The number of nitrogens with zero attached hydrogens (tertiary/aromatic N) is 2. The number of halogens is 1. The minimum Gasteiger partial charge on any atom is -0.354 e. The van der Waals surface area contributed by atoms with E-state index in [1.54, 1.807) is 0 Å². The SMILES string of the molecule is Cc1cccc2nc(CCl)n(C3CCC(=O)NC3)c12. The molecule has 1 fully saturated rings. The van der Waals surface area contributed by atoms with Crippen molar-refractivity contribution >= 4 is 28.5 Å². The lowest BCUT2D eigenvalue weighted by atomic mass is 10.1. The number of carbonyl (C=O) groups is 1. The molecule has 4 nitrogen and oxygen atoms in total. The van der Waals surface area contributed by atoms with Crippen LogP contribution in [0.2, 0.25) is 0 Å². The monoisotopic (exact) mass is 277 g/mol. The summed E-state index contributed by atoms with van der Waals surface area (Å²) in [4.78, 5) is 15.9. The average Bonchev–Trinajstić information content (AvgIpc) is 2.80. The Bertz CT molecular complexity index is 625. The lowest BCUT2D eigenvalue weighted by Gasteiger charge is -2.26. The van der Waals surface area contributed by atoms with E-state index in [1.807, 2.05) is 12.1 Å². The number of rotatable bonds is 2. The molecular weight excluding hydrogens is 262 g/mol. The number of aryl methyl sites for hydroxylation is 1. The number of piperidine rings is 1. The van der Waals surface area contributed by atoms with Crippen LogP contribution in [0.4, 0.5) is 0 Å². The summed E-state index contributed by atoms with van der Waals surface area (Å²) < 4.78 is 2.21. The van der Waals surface area contributed by atoms with Crippen molar-refractivity contribution in [2.24, 2.45) is 0 Å². The fraction of sp³-hybridized carbons (Fsp3) is 0.429. The van der Waals surface area contributed by atoms with Crippen molar-refractivity contribution < 1.29 is 4.79 Å². The van der Waals surface area contributed by atoms with Crippen LogP contribution in [0, 0.1) is 6.92 Å². The van der Waals surface area contributed by atoms with Crippen LogP contribution in [0.1, 0.15) is 30.3 Å². The second-order valence-electron chi connectivity index (χ2n) is 4.97. The number of hydrogen-bond donors (Lipinski definition) is 1. The van der Waals surface area contributed by atoms with Crippen molar-refractivity contribution in [3.05, 3.63) is 29.6 Å². The van der Waals surface area contributed by atoms with Gasteiger partial charge in [0.2, 0.25) is 5.91 Å². The van der Waals surface area contributed by atoms with Crippen molar-refractivity contribution in [3.8, 4) is 0 Å². The lowest BCUT2D eigenvalue weighted by molar-refractivity contribution is -0.122. The third-order valence-electron chi connectivity index (χ3n) is 3.71. The van der Waals surface area contributed by atoms with Gasteiger partial charge in [-0.15, -0.1) is 11.6 Å². The first-order valence-corrected chi connectivity index (χ1v) is 7.03. The van der Waals surface area contributed by atoms with E-state index in [1.165, 1.54) is 5.56 Å². The molecule has 2 heterocycles. The predicted molar refractivity (Wildman–Crippen MR) is 75.3 cm³/mol. The van der Waals surface area contributed by atoms with E-state index in [2.05, 4.69) is 27.9 Å². The molecule has 0 aliphatic carbocycles. The summed E-state index contributed by atoms with van der Waals surface area (Å²) in [5.74, 6) is 1.40. The van der Waals surface area contributed by atoms with E-state index in [4.69, 9.17) is 11.6 Å². The Morgan fingerprint density at radius 2 is 2.37 bits per heavy atom. The van der Waals surface area contributed by atoms with Crippen LogP contribution in [0.3, 0.4) is 0 Å². The predicted octanol–water partition coefficient (Wildman–Crippen LogP) is 2.53. The van der Waals surface area contributed by atoms with Crippen molar-refractivity contribution in [1.29, 1.82) is 0 Å². The molecule has 3 rings (SSSR count). The van der Waals surface area contributed by atoms with Gasteiger partial charge >= 0.3 is 0 Å². The number of hydrogen-bond acceptors (Lipinski definition) is 2. The maximum absolute atomic E-state index is 11.3. The lowest BCUT2D eigenvalue weighted by Crippen LogP contribution is -2.36. The summed E-state index contributed by atoms with van der Waals surface area (Å²) in [5, 5.41) is 2.93. The summed E-state index contributed by atoms with van der Waals surface area (Å²) >= 11 is 6.03. The topological polar surface area (TPSA) is 46.9 Å². The van der Waals surface area contributed by atoms with Gasteiger partial charge in [-0.05, 0) is 25.0 Å². The molecule has 1 amide bonds. The van der Waals surface area contributed by atoms with Crippen molar-refractivity contribution in [1.82, 2.24) is 14.9 Å². The number of amides is 1. The van der Waals surface area contributed by atoms with Crippen molar-refractivity contribution in [2.45, 2.75) is 31.7 Å². The fourth-order valence-corrected chi connectivity index (χ4v) is 2.99. The zero-order chi connectivity index (χ0) is 13.4. The highest BCUT2D eigenvalue weighted by Gasteiger charge is 2.24. The molecular formula is C14H16ClN3O. The molecule has 1 aromatic heterocycles. The third kappa shape index (κ3) is 2.10. The molecule has 2 aromatic rings. The fourth-order valence-electron chi connectivity index (χ4n) is 2.80. The third-order valence-corrected chi connectivity index (χ3v) is 3.95. The summed E-state index contributed by atoms with van der Waals surface area (Å²) in [6.45, 7) is 2.74. The van der Waals surface area contributed by atoms with E-state index < -0.39 is 0 Å². The average molecular weight is 278 g/mol. The van der Waals surface area contributed by atoms with Gasteiger partial charge in [0.05, 0.1) is 23.0 Å². The highest BCUT2D eigenvalue weighted by molar-refractivity contribution is 6.16. The van der Waals surface area contributed by atoms with E-state index in [0.717, 1.165) is 23.3 Å². The summed E-state index contributed by atoms with van der Waals surface area (Å²) in [6, 6.07) is 6.35. The minimum atomic E-state index is 0.129. The first-order chi connectivity index (χ1) is 9.20. The molecule has 1 unspecified atom stereocenters. The smallest absolute Gasteiger partial charge is 0.220 e. The molecule has 0 saturated carbocycles. The molecule has 1 saturated heterocycles. The summed E-state index contributed by atoms with van der Waals surface area (Å²) in [6.07, 6.45) is 1.41. The molecule has 1 aliphatic heterocycles. The Hall–Kier alpha value is -1.55. The molecule has 19 heavy (non-hydrogen) atoms. The molecule has 1 atom stereocenters. The Kier molecular flexibility index (Phi) is 3.19. The number of fused-ring (bicyclic) bond motifs is 1. The number of alkyl halides is 1. The summed E-state index contributed by atoms with van der Waals surface area (Å²) in [7, 11) is 0. The number of benzene rings is 1. The molecule has 100 valence electrons. The molecule has 0 bridgehead atoms. The minimum absolute atomic E-state index is 0.129. The summed E-state index contributed by atoms with van der Waals surface area (Å²) in [5.41, 5.74) is 3.31. The second-order valence-corrected chi connectivity index (χ2v) is 5.24. The highest BCUT2D eigenvalue weighted by atomic mass is 35.5. The number of carbonyl (C=O) groups excluding carboxylic acids is 1. The van der Waals surface area contributed by atoms with E-state index in [-0.39, 0.29) is 11.9 Å². The van der Waals surface area contributed by atoms with Gasteiger partial charge in [-0.2, -0.15) is 0 Å². The van der Waals surface area contributed by atoms with Crippen LogP contribution in [0.15, 0.2) is 18.2 Å². The van der Waals surface area contributed by atoms with Gasteiger partial charge in [-0.1, -0.05) is 12.1 Å². The van der Waals surface area contributed by atoms with E-state index in [0.29, 0.717) is 18.8 Å². The quantitative estimate of drug-likeness (QED) is 0.858. The number of aromatic nitrogens is 2. The molecule has 5 heteroatoms. The first-order valence-electron chi connectivity index (χ1n) is 6.50. The van der Waals surface area contributed by atoms with Gasteiger partial charge in [-0.3, -0.25) is 4.79 Å². The zero-order valence-electron chi connectivity index (χ0n) is 10.8. The number of para-hydroxylation sites is 1. The van der Waals surface area contributed by atoms with Crippen LogP contribution < -0.4 is 5.32 Å².